The molecule has 0 saturated heterocycles. The molecule has 0 radical (unpaired) electrons. The van der Waals surface area contributed by atoms with Gasteiger partial charge in [-0.25, -0.2) is 5.43 Å². The third kappa shape index (κ3) is 5.24. The van der Waals surface area contributed by atoms with E-state index in [4.69, 9.17) is 9.47 Å². The van der Waals surface area contributed by atoms with Gasteiger partial charge in [0.15, 0.2) is 11.5 Å². The summed E-state index contributed by atoms with van der Waals surface area (Å²) in [5.41, 5.74) is 10.9. The molecule has 6 nitrogen and oxygen atoms in total. The number of hydrazine groups is 1. The minimum absolute atomic E-state index is 0.0848. The highest BCUT2D eigenvalue weighted by Gasteiger charge is 2.11. The fourth-order valence-electron chi connectivity index (χ4n) is 3.90. The molecule has 172 valence electrons. The number of fused-ring (bicyclic) bond motifs is 1. The Morgan fingerprint density at radius 1 is 0.941 bits per heavy atom. The van der Waals surface area contributed by atoms with Crippen molar-refractivity contribution in [3.63, 3.8) is 0 Å². The zero-order valence-electron chi connectivity index (χ0n) is 19.0. The molecule has 2 atom stereocenters. The molecule has 2 aliphatic heterocycles. The fraction of sp³-hybridized carbons (Fsp3) is 0.143. The van der Waals surface area contributed by atoms with Gasteiger partial charge in [0.2, 0.25) is 0 Å². The maximum atomic E-state index is 6.04. The fourth-order valence-corrected chi connectivity index (χ4v) is 3.90. The largest absolute Gasteiger partial charge is 0.493 e. The predicted molar refractivity (Wildman–Crippen MR) is 138 cm³/mol. The monoisotopic (exact) mass is 452 g/mol. The summed E-state index contributed by atoms with van der Waals surface area (Å²) < 4.78 is 11.5. The second-order valence-corrected chi connectivity index (χ2v) is 8.17. The van der Waals surface area contributed by atoms with E-state index in [1.54, 1.807) is 7.11 Å². The Labute approximate surface area is 199 Å². The van der Waals surface area contributed by atoms with E-state index in [1.807, 2.05) is 42.7 Å². The number of methoxy groups -OCH3 is 1. The summed E-state index contributed by atoms with van der Waals surface area (Å²) in [6.07, 6.45) is 20.5. The predicted octanol–water partition coefficient (Wildman–Crippen LogP) is 4.68. The highest BCUT2D eigenvalue weighted by molar-refractivity contribution is 5.82. The van der Waals surface area contributed by atoms with E-state index < -0.39 is 0 Å². The first-order valence-corrected chi connectivity index (χ1v) is 11.3. The third-order valence-corrected chi connectivity index (χ3v) is 5.74. The highest BCUT2D eigenvalue weighted by atomic mass is 16.5. The average Bonchev–Trinajstić information content (AvgIpc) is 3.54. The van der Waals surface area contributed by atoms with Gasteiger partial charge in [-0.05, 0) is 71.3 Å². The molecule has 3 aromatic rings. The first-order chi connectivity index (χ1) is 16.8. The minimum atomic E-state index is 0.0848. The van der Waals surface area contributed by atoms with Crippen LogP contribution in [0.25, 0.3) is 23.1 Å². The molecule has 2 aromatic carbocycles. The molecule has 0 saturated carbocycles. The molecular weight excluding hydrogens is 424 g/mol. The number of hydrogen-bond acceptors (Lipinski definition) is 5. The van der Waals surface area contributed by atoms with Gasteiger partial charge in [0.1, 0.15) is 6.61 Å². The van der Waals surface area contributed by atoms with Gasteiger partial charge in [-0.2, -0.15) is 0 Å². The lowest BCUT2D eigenvalue weighted by molar-refractivity contribution is 0.276. The first kappa shape index (κ1) is 21.7. The Morgan fingerprint density at radius 2 is 1.85 bits per heavy atom. The van der Waals surface area contributed by atoms with Crippen LogP contribution in [0.4, 0.5) is 0 Å². The van der Waals surface area contributed by atoms with Crippen molar-refractivity contribution in [3.05, 3.63) is 108 Å². The Hall–Kier alpha value is -4.16. The number of aromatic nitrogens is 1. The van der Waals surface area contributed by atoms with Crippen LogP contribution in [-0.4, -0.2) is 30.8 Å². The van der Waals surface area contributed by atoms with Crippen LogP contribution in [0, 0.1) is 0 Å². The van der Waals surface area contributed by atoms with E-state index in [9.17, 15) is 0 Å². The maximum Gasteiger partial charge on any atom is 0.161 e. The molecule has 4 N–H and O–H groups in total. The molecule has 5 rings (SSSR count). The number of nitrogens with one attached hydrogen (secondary N) is 4. The number of hydrogen-bond donors (Lipinski definition) is 4. The summed E-state index contributed by atoms with van der Waals surface area (Å²) in [4.78, 5) is 3.22. The molecule has 2 aliphatic rings. The number of dihydropyridines is 1. The molecule has 2 unspecified atom stereocenters. The quantitative estimate of drug-likeness (QED) is 0.399. The van der Waals surface area contributed by atoms with E-state index in [1.165, 1.54) is 5.39 Å². The van der Waals surface area contributed by atoms with Crippen molar-refractivity contribution >= 4 is 23.1 Å². The number of allylic oxidation sites excluding steroid dienone is 3. The van der Waals surface area contributed by atoms with Crippen LogP contribution in [0.3, 0.4) is 0 Å². The van der Waals surface area contributed by atoms with E-state index >= 15 is 0 Å². The molecule has 1 aromatic heterocycles. The van der Waals surface area contributed by atoms with Gasteiger partial charge >= 0.3 is 0 Å². The number of ether oxygens (including phenoxy) is 2. The topological polar surface area (TPSA) is 70.3 Å². The van der Waals surface area contributed by atoms with Crippen molar-refractivity contribution in [3.8, 4) is 11.5 Å². The van der Waals surface area contributed by atoms with Gasteiger partial charge < -0.3 is 25.2 Å². The molecule has 0 spiro atoms. The molecule has 0 aliphatic carbocycles. The van der Waals surface area contributed by atoms with Crippen molar-refractivity contribution in [1.29, 1.82) is 0 Å². The Kier molecular flexibility index (Phi) is 6.49. The van der Waals surface area contributed by atoms with Gasteiger partial charge in [-0.15, -0.1) is 0 Å². The van der Waals surface area contributed by atoms with E-state index in [0.717, 1.165) is 33.8 Å². The van der Waals surface area contributed by atoms with Crippen LogP contribution in [-0.2, 0) is 0 Å². The normalized spacial score (nSPS) is 19.5. The lowest BCUT2D eigenvalue weighted by Crippen LogP contribution is -2.30. The average molecular weight is 453 g/mol. The summed E-state index contributed by atoms with van der Waals surface area (Å²) >= 11 is 0. The van der Waals surface area contributed by atoms with Crippen LogP contribution >= 0.6 is 0 Å². The second-order valence-electron chi connectivity index (χ2n) is 8.17. The molecule has 0 amide bonds. The summed E-state index contributed by atoms with van der Waals surface area (Å²) in [6.45, 7) is 0.522. The van der Waals surface area contributed by atoms with Crippen LogP contribution < -0.4 is 25.6 Å². The first-order valence-electron chi connectivity index (χ1n) is 11.3. The lowest BCUT2D eigenvalue weighted by Gasteiger charge is -2.18. The molecule has 34 heavy (non-hydrogen) atoms. The van der Waals surface area contributed by atoms with Crippen LogP contribution in [0.5, 0.6) is 11.5 Å². The summed E-state index contributed by atoms with van der Waals surface area (Å²) in [5.74, 6) is 1.45. The number of benzene rings is 2. The van der Waals surface area contributed by atoms with Gasteiger partial charge in [-0.3, -0.25) is 0 Å². The van der Waals surface area contributed by atoms with Gasteiger partial charge in [-0.1, -0.05) is 42.5 Å². The van der Waals surface area contributed by atoms with Crippen molar-refractivity contribution < 1.29 is 9.47 Å². The number of rotatable bonds is 8. The lowest BCUT2D eigenvalue weighted by atomic mass is 10.1. The summed E-state index contributed by atoms with van der Waals surface area (Å²) in [5, 5.41) is 4.47. The van der Waals surface area contributed by atoms with Crippen molar-refractivity contribution in [2.45, 2.75) is 12.1 Å². The smallest absolute Gasteiger partial charge is 0.161 e. The van der Waals surface area contributed by atoms with Gasteiger partial charge in [0.25, 0.3) is 0 Å². The van der Waals surface area contributed by atoms with Crippen LogP contribution in [0.15, 0.2) is 97.0 Å². The second kappa shape index (κ2) is 10.2. The SMILES string of the molecule is COc1ccc(/C=C/C2C=C(/C=C/c3ccc4[nH]ccc4c3)NN2)cc1OCC1C=CC=CN1. The molecular formula is C28H28N4O2. The highest BCUT2D eigenvalue weighted by Crippen LogP contribution is 2.29. The van der Waals surface area contributed by atoms with Crippen molar-refractivity contribution in [1.82, 2.24) is 21.2 Å². The Bertz CT molecular complexity index is 1300. The Morgan fingerprint density at radius 3 is 2.74 bits per heavy atom. The summed E-state index contributed by atoms with van der Waals surface area (Å²) in [7, 11) is 1.66. The Balaban J connectivity index is 1.22. The number of aromatic amines is 1. The zero-order chi connectivity index (χ0) is 23.2. The molecule has 0 fully saturated rings. The minimum Gasteiger partial charge on any atom is -0.493 e. The van der Waals surface area contributed by atoms with Gasteiger partial charge in [0.05, 0.1) is 19.2 Å². The molecule has 3 heterocycles. The number of H-pyrrole nitrogens is 1. The van der Waals surface area contributed by atoms with E-state index in [0.29, 0.717) is 6.61 Å². The standard InChI is InChI=1S/C28H28N4O2/c1-33-27-12-8-21(17-28(27)34-19-25-4-2-3-14-29-25)6-10-24-18-23(31-32-24)9-5-20-7-11-26-22(16-20)13-15-30-26/h2-18,24-25,29-32H,19H2,1H3/b9-5+,10-6+. The zero-order valence-corrected chi connectivity index (χ0v) is 19.0. The molecule has 6 heteroatoms. The van der Waals surface area contributed by atoms with Crippen LogP contribution in [0.2, 0.25) is 0 Å². The van der Waals surface area contributed by atoms with Crippen LogP contribution in [0.1, 0.15) is 11.1 Å². The molecule has 0 bridgehead atoms. The summed E-state index contributed by atoms with van der Waals surface area (Å²) in [6, 6.07) is 14.6. The van der Waals surface area contributed by atoms with E-state index in [2.05, 4.69) is 81.9 Å². The van der Waals surface area contributed by atoms with E-state index in [-0.39, 0.29) is 12.1 Å². The maximum absolute atomic E-state index is 6.04. The van der Waals surface area contributed by atoms with Crippen molar-refractivity contribution in [2.75, 3.05) is 13.7 Å². The third-order valence-electron chi connectivity index (χ3n) is 5.74. The van der Waals surface area contributed by atoms with Crippen molar-refractivity contribution in [2.24, 2.45) is 0 Å². The van der Waals surface area contributed by atoms with Gasteiger partial charge in [0, 0.05) is 17.4 Å².